The molecular formula is C13H16BrNO. The molecule has 0 saturated heterocycles. The molecule has 86 valence electrons. The van der Waals surface area contributed by atoms with E-state index in [4.69, 9.17) is 0 Å². The number of carbonyl (C=O) groups excluding carboxylic acids is 1. The summed E-state index contributed by atoms with van der Waals surface area (Å²) in [5.41, 5.74) is 2.07. The second-order valence-corrected chi connectivity index (χ2v) is 5.91. The smallest absolute Gasteiger partial charge is 0.232 e. The predicted molar refractivity (Wildman–Crippen MR) is 69.6 cm³/mol. The van der Waals surface area contributed by atoms with Crippen molar-refractivity contribution < 1.29 is 4.79 Å². The van der Waals surface area contributed by atoms with Crippen LogP contribution in [0.25, 0.3) is 0 Å². The third kappa shape index (κ3) is 1.77. The van der Waals surface area contributed by atoms with Crippen LogP contribution in [-0.4, -0.2) is 5.91 Å². The Morgan fingerprint density at radius 3 is 2.75 bits per heavy atom. The fourth-order valence-corrected chi connectivity index (χ4v) is 2.59. The maximum atomic E-state index is 12.0. The summed E-state index contributed by atoms with van der Waals surface area (Å²) in [6.45, 7) is 6.42. The third-order valence-corrected chi connectivity index (χ3v) is 4.03. The Morgan fingerprint density at radius 1 is 1.44 bits per heavy atom. The number of halogens is 1. The summed E-state index contributed by atoms with van der Waals surface area (Å²) >= 11 is 3.46. The average molecular weight is 282 g/mol. The highest BCUT2D eigenvalue weighted by atomic mass is 79.9. The van der Waals surface area contributed by atoms with Gasteiger partial charge < -0.3 is 5.32 Å². The van der Waals surface area contributed by atoms with Crippen molar-refractivity contribution in [1.82, 2.24) is 0 Å². The Bertz CT molecular complexity index is 440. The van der Waals surface area contributed by atoms with Crippen LogP contribution in [0.5, 0.6) is 0 Å². The lowest BCUT2D eigenvalue weighted by molar-refractivity contribution is -0.119. The van der Waals surface area contributed by atoms with Crippen LogP contribution in [-0.2, 0) is 4.79 Å². The maximum Gasteiger partial charge on any atom is 0.232 e. The number of fused-ring (bicyclic) bond motifs is 1. The van der Waals surface area contributed by atoms with Crippen molar-refractivity contribution in [3.63, 3.8) is 0 Å². The topological polar surface area (TPSA) is 29.1 Å². The lowest BCUT2D eigenvalue weighted by Crippen LogP contribution is -2.27. The van der Waals surface area contributed by atoms with Crippen LogP contribution in [0, 0.1) is 5.41 Å². The molecule has 1 N–H and O–H groups in total. The lowest BCUT2D eigenvalue weighted by Gasteiger charge is -2.28. The van der Waals surface area contributed by atoms with Gasteiger partial charge in [0.1, 0.15) is 0 Å². The number of hydrogen-bond acceptors (Lipinski definition) is 1. The minimum Gasteiger partial charge on any atom is -0.325 e. The Balaban J connectivity index is 2.50. The van der Waals surface area contributed by atoms with Gasteiger partial charge in [-0.2, -0.15) is 0 Å². The largest absolute Gasteiger partial charge is 0.325 e. The Morgan fingerprint density at radius 2 is 2.12 bits per heavy atom. The number of rotatable bonds is 2. The highest BCUT2D eigenvalue weighted by molar-refractivity contribution is 9.10. The molecule has 1 aliphatic heterocycles. The summed E-state index contributed by atoms with van der Waals surface area (Å²) in [5.74, 6) is 0.0879. The van der Waals surface area contributed by atoms with E-state index in [-0.39, 0.29) is 17.2 Å². The zero-order valence-corrected chi connectivity index (χ0v) is 11.4. The number of nitrogens with one attached hydrogen (secondary N) is 1. The molecule has 16 heavy (non-hydrogen) atoms. The van der Waals surface area contributed by atoms with Gasteiger partial charge >= 0.3 is 0 Å². The fraction of sp³-hybridized carbons (Fsp3) is 0.462. The van der Waals surface area contributed by atoms with Crippen molar-refractivity contribution >= 4 is 27.5 Å². The molecule has 0 fully saturated rings. The van der Waals surface area contributed by atoms with Crippen molar-refractivity contribution in [2.24, 2.45) is 5.41 Å². The van der Waals surface area contributed by atoms with Gasteiger partial charge in [-0.3, -0.25) is 4.79 Å². The summed E-state index contributed by atoms with van der Waals surface area (Å²) in [5, 5.41) is 2.96. The number of amides is 1. The summed E-state index contributed by atoms with van der Waals surface area (Å²) in [7, 11) is 0. The second-order valence-electron chi connectivity index (χ2n) is 5.00. The SMILES string of the molecule is CCC(C)(C)C1C(=O)Nc2ccc(Br)cc21. The predicted octanol–water partition coefficient (Wildman–Crippen LogP) is 3.92. The van der Waals surface area contributed by atoms with Crippen LogP contribution >= 0.6 is 15.9 Å². The van der Waals surface area contributed by atoms with Gasteiger partial charge in [0.15, 0.2) is 0 Å². The van der Waals surface area contributed by atoms with Crippen molar-refractivity contribution in [2.45, 2.75) is 33.1 Å². The standard InChI is InChI=1S/C13H16BrNO/c1-4-13(2,3)11-9-7-8(14)5-6-10(9)15-12(11)16/h5-7,11H,4H2,1-3H3,(H,15,16). The number of anilines is 1. The van der Waals surface area contributed by atoms with Crippen LogP contribution in [0.2, 0.25) is 0 Å². The van der Waals surface area contributed by atoms with E-state index in [0.717, 1.165) is 22.1 Å². The molecule has 1 aromatic rings. The lowest BCUT2D eigenvalue weighted by atomic mass is 9.74. The summed E-state index contributed by atoms with van der Waals surface area (Å²) in [6, 6.07) is 5.97. The van der Waals surface area contributed by atoms with E-state index < -0.39 is 0 Å². The first-order valence-corrected chi connectivity index (χ1v) is 6.35. The van der Waals surface area contributed by atoms with Crippen molar-refractivity contribution in [3.05, 3.63) is 28.2 Å². The number of hydrogen-bond donors (Lipinski definition) is 1. The van der Waals surface area contributed by atoms with E-state index in [0.29, 0.717) is 0 Å². The zero-order chi connectivity index (χ0) is 11.9. The first kappa shape index (κ1) is 11.6. The molecule has 0 bridgehead atoms. The minimum absolute atomic E-state index is 0.00384. The molecule has 1 unspecified atom stereocenters. The van der Waals surface area contributed by atoms with Gasteiger partial charge in [-0.15, -0.1) is 0 Å². The molecule has 1 aromatic carbocycles. The van der Waals surface area contributed by atoms with Crippen LogP contribution < -0.4 is 5.32 Å². The van der Waals surface area contributed by atoms with Crippen molar-refractivity contribution in [2.75, 3.05) is 5.32 Å². The van der Waals surface area contributed by atoms with Crippen LogP contribution in [0.15, 0.2) is 22.7 Å². The highest BCUT2D eigenvalue weighted by Crippen LogP contribution is 2.46. The molecule has 1 amide bonds. The average Bonchev–Trinajstić information content (AvgIpc) is 2.54. The third-order valence-electron chi connectivity index (χ3n) is 3.54. The van der Waals surface area contributed by atoms with E-state index in [2.05, 4.69) is 48.1 Å². The Labute approximate surface area is 105 Å². The van der Waals surface area contributed by atoms with Crippen molar-refractivity contribution in [3.8, 4) is 0 Å². The van der Waals surface area contributed by atoms with Gasteiger partial charge in [0.2, 0.25) is 5.91 Å². The molecule has 0 saturated carbocycles. The van der Waals surface area contributed by atoms with Gasteiger partial charge in [-0.05, 0) is 35.6 Å². The van der Waals surface area contributed by atoms with E-state index in [9.17, 15) is 4.79 Å². The molecule has 0 spiro atoms. The molecule has 2 nitrogen and oxygen atoms in total. The van der Waals surface area contributed by atoms with Crippen LogP contribution in [0.1, 0.15) is 38.7 Å². The Kier molecular flexibility index (Phi) is 2.82. The fourth-order valence-electron chi connectivity index (χ4n) is 2.21. The van der Waals surface area contributed by atoms with Gasteiger partial charge in [-0.1, -0.05) is 36.7 Å². The van der Waals surface area contributed by atoms with Gasteiger partial charge in [0, 0.05) is 10.2 Å². The maximum absolute atomic E-state index is 12.0. The van der Waals surface area contributed by atoms with Gasteiger partial charge in [0.05, 0.1) is 5.92 Å². The van der Waals surface area contributed by atoms with Gasteiger partial charge in [-0.25, -0.2) is 0 Å². The number of carbonyl (C=O) groups is 1. The van der Waals surface area contributed by atoms with Crippen LogP contribution in [0.3, 0.4) is 0 Å². The summed E-state index contributed by atoms with van der Waals surface area (Å²) in [4.78, 5) is 12.0. The van der Waals surface area contributed by atoms with Crippen molar-refractivity contribution in [1.29, 1.82) is 0 Å². The normalized spacial score (nSPS) is 19.5. The molecule has 2 rings (SSSR count). The number of benzene rings is 1. The summed E-state index contributed by atoms with van der Waals surface area (Å²) < 4.78 is 1.03. The quantitative estimate of drug-likeness (QED) is 0.875. The van der Waals surface area contributed by atoms with E-state index in [1.54, 1.807) is 0 Å². The molecule has 0 radical (unpaired) electrons. The summed E-state index contributed by atoms with van der Waals surface area (Å²) in [6.07, 6.45) is 0.983. The first-order chi connectivity index (χ1) is 7.45. The molecule has 0 aromatic heterocycles. The minimum atomic E-state index is -0.0370. The first-order valence-electron chi connectivity index (χ1n) is 5.56. The molecule has 3 heteroatoms. The molecule has 1 atom stereocenters. The second kappa shape index (κ2) is 3.88. The van der Waals surface area contributed by atoms with E-state index in [1.165, 1.54) is 0 Å². The molecular weight excluding hydrogens is 266 g/mol. The van der Waals surface area contributed by atoms with Crippen LogP contribution in [0.4, 0.5) is 5.69 Å². The zero-order valence-electron chi connectivity index (χ0n) is 9.80. The Hall–Kier alpha value is -0.830. The molecule has 0 aliphatic carbocycles. The van der Waals surface area contributed by atoms with E-state index in [1.807, 2.05) is 12.1 Å². The monoisotopic (exact) mass is 281 g/mol. The highest BCUT2D eigenvalue weighted by Gasteiger charge is 2.40. The van der Waals surface area contributed by atoms with Gasteiger partial charge in [0.25, 0.3) is 0 Å². The van der Waals surface area contributed by atoms with E-state index >= 15 is 0 Å². The molecule has 1 heterocycles. The molecule has 1 aliphatic rings.